The summed E-state index contributed by atoms with van der Waals surface area (Å²) in [5.41, 5.74) is 2.41. The van der Waals surface area contributed by atoms with Crippen LogP contribution in [0.1, 0.15) is 48.7 Å². The summed E-state index contributed by atoms with van der Waals surface area (Å²) < 4.78 is 0. The van der Waals surface area contributed by atoms with Gasteiger partial charge in [-0.2, -0.15) is 0 Å². The van der Waals surface area contributed by atoms with E-state index in [4.69, 9.17) is 0 Å². The molecular formula is C21H25N3O3. The predicted octanol–water partition coefficient (Wildman–Crippen LogP) is 4.32. The van der Waals surface area contributed by atoms with Crippen molar-refractivity contribution in [1.29, 1.82) is 0 Å². The summed E-state index contributed by atoms with van der Waals surface area (Å²) in [7, 11) is 0. The molecule has 2 aromatic carbocycles. The lowest BCUT2D eigenvalue weighted by Gasteiger charge is -2.32. The smallest absolute Gasteiger partial charge is 0.270 e. The van der Waals surface area contributed by atoms with Crippen LogP contribution in [0, 0.1) is 16.0 Å². The molecule has 0 aromatic heterocycles. The fourth-order valence-electron chi connectivity index (χ4n) is 3.36. The van der Waals surface area contributed by atoms with Gasteiger partial charge in [0.15, 0.2) is 0 Å². The molecule has 0 radical (unpaired) electrons. The van der Waals surface area contributed by atoms with Crippen molar-refractivity contribution in [3.05, 3.63) is 69.8 Å². The van der Waals surface area contributed by atoms with E-state index in [0.29, 0.717) is 0 Å². The Labute approximate surface area is 159 Å². The Kier molecular flexibility index (Phi) is 5.74. The zero-order chi connectivity index (χ0) is 19.4. The predicted molar refractivity (Wildman–Crippen MR) is 106 cm³/mol. The first-order chi connectivity index (χ1) is 12.9. The van der Waals surface area contributed by atoms with E-state index in [1.165, 1.54) is 36.7 Å². The monoisotopic (exact) mass is 367 g/mol. The number of non-ortho nitro benzene ring substituents is 1. The van der Waals surface area contributed by atoms with Crippen LogP contribution < -0.4 is 10.2 Å². The molecule has 1 N–H and O–H groups in total. The quantitative estimate of drug-likeness (QED) is 0.631. The molecule has 0 bridgehead atoms. The summed E-state index contributed by atoms with van der Waals surface area (Å²) >= 11 is 0. The lowest BCUT2D eigenvalue weighted by molar-refractivity contribution is -0.384. The van der Waals surface area contributed by atoms with Crippen molar-refractivity contribution in [2.24, 2.45) is 5.92 Å². The molecule has 1 amide bonds. The van der Waals surface area contributed by atoms with Gasteiger partial charge in [-0.1, -0.05) is 25.1 Å². The van der Waals surface area contributed by atoms with Gasteiger partial charge in [0.25, 0.3) is 11.6 Å². The van der Waals surface area contributed by atoms with E-state index in [0.717, 1.165) is 24.6 Å². The zero-order valence-corrected chi connectivity index (χ0v) is 15.7. The number of benzene rings is 2. The third-order valence-electron chi connectivity index (χ3n) is 5.21. The van der Waals surface area contributed by atoms with Crippen LogP contribution in [0.5, 0.6) is 0 Å². The molecule has 1 aliphatic heterocycles. The normalized spacial score (nSPS) is 16.0. The van der Waals surface area contributed by atoms with Crippen LogP contribution in [-0.2, 0) is 0 Å². The van der Waals surface area contributed by atoms with Crippen LogP contribution in [0.4, 0.5) is 11.4 Å². The molecule has 142 valence electrons. The van der Waals surface area contributed by atoms with E-state index in [9.17, 15) is 14.9 Å². The van der Waals surface area contributed by atoms with Crippen molar-refractivity contribution in [1.82, 2.24) is 5.32 Å². The van der Waals surface area contributed by atoms with E-state index < -0.39 is 4.92 Å². The van der Waals surface area contributed by atoms with E-state index in [2.05, 4.69) is 29.3 Å². The van der Waals surface area contributed by atoms with E-state index in [-0.39, 0.29) is 23.2 Å². The van der Waals surface area contributed by atoms with Crippen molar-refractivity contribution < 1.29 is 9.72 Å². The summed E-state index contributed by atoms with van der Waals surface area (Å²) in [6.45, 7) is 6.37. The van der Waals surface area contributed by atoms with Crippen molar-refractivity contribution in [2.45, 2.75) is 32.7 Å². The first-order valence-electron chi connectivity index (χ1n) is 9.34. The number of piperidine rings is 1. The van der Waals surface area contributed by atoms with E-state index in [1.807, 2.05) is 19.1 Å². The Morgan fingerprint density at radius 1 is 1.19 bits per heavy atom. The van der Waals surface area contributed by atoms with Gasteiger partial charge < -0.3 is 10.2 Å². The van der Waals surface area contributed by atoms with Crippen molar-refractivity contribution in [3.8, 4) is 0 Å². The van der Waals surface area contributed by atoms with E-state index >= 15 is 0 Å². The van der Waals surface area contributed by atoms with Crippen molar-refractivity contribution in [2.75, 3.05) is 18.0 Å². The first-order valence-corrected chi connectivity index (χ1v) is 9.34. The zero-order valence-electron chi connectivity index (χ0n) is 15.7. The molecule has 1 atom stereocenters. The van der Waals surface area contributed by atoms with Crippen molar-refractivity contribution >= 4 is 17.3 Å². The summed E-state index contributed by atoms with van der Waals surface area (Å²) in [4.78, 5) is 25.2. The molecule has 1 aliphatic rings. The second kappa shape index (κ2) is 8.20. The molecule has 0 spiro atoms. The third kappa shape index (κ3) is 4.64. The summed E-state index contributed by atoms with van der Waals surface area (Å²) in [5, 5.41) is 13.8. The Hall–Kier alpha value is -2.89. The third-order valence-corrected chi connectivity index (χ3v) is 5.21. The van der Waals surface area contributed by atoms with Crippen molar-refractivity contribution in [3.63, 3.8) is 0 Å². The van der Waals surface area contributed by atoms with Gasteiger partial charge in [-0.05, 0) is 49.4 Å². The number of hydrogen-bond acceptors (Lipinski definition) is 4. The molecule has 0 aliphatic carbocycles. The second-order valence-electron chi connectivity index (χ2n) is 7.26. The highest BCUT2D eigenvalue weighted by molar-refractivity contribution is 5.95. The SMILES string of the molecule is CC1CCN(c2ccc([C@@H](C)NC(=O)c3cccc([N+](=O)[O-])c3)cc2)CC1. The molecule has 0 unspecified atom stereocenters. The second-order valence-corrected chi connectivity index (χ2v) is 7.26. The van der Waals surface area contributed by atoms with Crippen LogP contribution in [0.2, 0.25) is 0 Å². The van der Waals surface area contributed by atoms with Gasteiger partial charge in [-0.25, -0.2) is 0 Å². The van der Waals surface area contributed by atoms with Crippen LogP contribution in [0.15, 0.2) is 48.5 Å². The number of nitro groups is 1. The number of nitro benzene ring substituents is 1. The largest absolute Gasteiger partial charge is 0.372 e. The summed E-state index contributed by atoms with van der Waals surface area (Å²) in [6.07, 6.45) is 2.44. The molecule has 1 heterocycles. The molecule has 2 aromatic rings. The maximum Gasteiger partial charge on any atom is 0.270 e. The number of anilines is 1. The molecule has 1 saturated heterocycles. The van der Waals surface area contributed by atoms with Crippen LogP contribution >= 0.6 is 0 Å². The minimum absolute atomic E-state index is 0.0875. The molecule has 0 saturated carbocycles. The Morgan fingerprint density at radius 3 is 2.48 bits per heavy atom. The fraction of sp³-hybridized carbons (Fsp3) is 0.381. The molecule has 6 heteroatoms. The highest BCUT2D eigenvalue weighted by Gasteiger charge is 2.17. The Morgan fingerprint density at radius 2 is 1.85 bits per heavy atom. The van der Waals surface area contributed by atoms with Gasteiger partial charge in [-0.3, -0.25) is 14.9 Å². The van der Waals surface area contributed by atoms with Crippen LogP contribution in [-0.4, -0.2) is 23.9 Å². The maximum atomic E-state index is 12.4. The molecule has 3 rings (SSSR count). The molecule has 6 nitrogen and oxygen atoms in total. The summed E-state index contributed by atoms with van der Waals surface area (Å²) in [5.74, 6) is 0.477. The average Bonchev–Trinajstić information content (AvgIpc) is 2.68. The van der Waals surface area contributed by atoms with Gasteiger partial charge in [0.05, 0.1) is 11.0 Å². The lowest BCUT2D eigenvalue weighted by atomic mass is 9.98. The molecule has 27 heavy (non-hydrogen) atoms. The fourth-order valence-corrected chi connectivity index (χ4v) is 3.36. The number of hydrogen-bond donors (Lipinski definition) is 1. The van der Waals surface area contributed by atoms with Gasteiger partial charge in [0.2, 0.25) is 0 Å². The topological polar surface area (TPSA) is 75.5 Å². The highest BCUT2D eigenvalue weighted by atomic mass is 16.6. The average molecular weight is 367 g/mol. The molecular weight excluding hydrogens is 342 g/mol. The Bertz CT molecular complexity index is 812. The lowest BCUT2D eigenvalue weighted by Crippen LogP contribution is -2.32. The number of amides is 1. The summed E-state index contributed by atoms with van der Waals surface area (Å²) in [6, 6.07) is 13.8. The number of carbonyl (C=O) groups is 1. The van der Waals surface area contributed by atoms with Crippen LogP contribution in [0.3, 0.4) is 0 Å². The van der Waals surface area contributed by atoms with E-state index in [1.54, 1.807) is 6.07 Å². The number of rotatable bonds is 5. The first kappa shape index (κ1) is 18.9. The molecule has 1 fully saturated rings. The van der Waals surface area contributed by atoms with Gasteiger partial charge in [-0.15, -0.1) is 0 Å². The minimum Gasteiger partial charge on any atom is -0.372 e. The highest BCUT2D eigenvalue weighted by Crippen LogP contribution is 2.25. The van der Waals surface area contributed by atoms with Gasteiger partial charge in [0.1, 0.15) is 0 Å². The van der Waals surface area contributed by atoms with Gasteiger partial charge in [0, 0.05) is 36.5 Å². The number of nitrogens with zero attached hydrogens (tertiary/aromatic N) is 2. The van der Waals surface area contributed by atoms with Crippen LogP contribution in [0.25, 0.3) is 0 Å². The van der Waals surface area contributed by atoms with Gasteiger partial charge >= 0.3 is 0 Å². The minimum atomic E-state index is -0.500. The number of carbonyl (C=O) groups excluding carboxylic acids is 1. The Balaban J connectivity index is 1.64. The standard InChI is InChI=1S/C21H25N3O3/c1-15-10-12-23(13-11-15)19-8-6-17(7-9-19)16(2)22-21(25)18-4-3-5-20(14-18)24(26)27/h3-9,14-16H,10-13H2,1-2H3,(H,22,25)/t16-/m1/s1. The maximum absolute atomic E-state index is 12.4. The number of nitrogens with one attached hydrogen (secondary N) is 1.